The van der Waals surface area contributed by atoms with Gasteiger partial charge in [0.15, 0.2) is 11.5 Å². The highest BCUT2D eigenvalue weighted by atomic mass is 16.5. The highest BCUT2D eigenvalue weighted by Gasteiger charge is 2.15. The highest BCUT2D eigenvalue weighted by molar-refractivity contribution is 5.98. The van der Waals surface area contributed by atoms with Gasteiger partial charge in [-0.1, -0.05) is 6.07 Å². The number of nitrogens with zero attached hydrogens (tertiary/aromatic N) is 2. The Morgan fingerprint density at radius 3 is 1.91 bits per heavy atom. The molecule has 0 aliphatic rings. The summed E-state index contributed by atoms with van der Waals surface area (Å²) < 4.78 is 11.1. The van der Waals surface area contributed by atoms with E-state index in [-0.39, 0.29) is 30.8 Å². The molecule has 2 rings (SSSR count). The maximum absolute atomic E-state index is 12.5. The third kappa shape index (κ3) is 8.60. The first-order valence-electron chi connectivity index (χ1n) is 11.9. The second-order valence-electron chi connectivity index (χ2n) is 7.85. The minimum atomic E-state index is -0.285. The van der Waals surface area contributed by atoms with Gasteiger partial charge >= 0.3 is 0 Å². The third-order valence-electron chi connectivity index (χ3n) is 5.10. The summed E-state index contributed by atoms with van der Waals surface area (Å²) in [5.41, 5.74) is 1.62. The van der Waals surface area contributed by atoms with Crippen LogP contribution >= 0.6 is 0 Å². The molecule has 0 saturated heterocycles. The average molecular weight is 485 g/mol. The Balaban J connectivity index is 1.91. The van der Waals surface area contributed by atoms with E-state index in [2.05, 4.69) is 10.6 Å². The van der Waals surface area contributed by atoms with Crippen LogP contribution in [0.2, 0.25) is 0 Å². The normalized spacial score (nSPS) is 10.6. The molecule has 35 heavy (non-hydrogen) atoms. The molecule has 2 aromatic carbocycles. The fourth-order valence-corrected chi connectivity index (χ4v) is 3.50. The van der Waals surface area contributed by atoms with Gasteiger partial charge in [0.1, 0.15) is 0 Å². The molecule has 0 aliphatic heterocycles. The number of amides is 3. The molecule has 2 N–H and O–H groups in total. The number of ether oxygens (including phenoxy) is 2. The number of rotatable bonds is 13. The Bertz CT molecular complexity index is 1010. The molecule has 2 aromatic rings. The van der Waals surface area contributed by atoms with Crippen LogP contribution in [0, 0.1) is 0 Å². The molecule has 0 aromatic heterocycles. The largest absolute Gasteiger partial charge is 0.490 e. The molecule has 0 unspecified atom stereocenters. The van der Waals surface area contributed by atoms with Crippen molar-refractivity contribution >= 4 is 29.1 Å². The van der Waals surface area contributed by atoms with E-state index >= 15 is 0 Å². The standard InChI is InChI=1S/C26H36N4O5/c1-6-30(7-2)26(33)19-11-10-12-20(15-19)27-24(31)17-29(5)18-25(32)28-21-13-14-22(34-8-3)23(16-21)35-9-4/h10-16H,6-9,17-18H2,1-5H3,(H,27,31)(H,28,32). The number of carbonyl (C=O) groups excluding carboxylic acids is 3. The molecular weight excluding hydrogens is 448 g/mol. The van der Waals surface area contributed by atoms with Gasteiger partial charge in [0.2, 0.25) is 11.8 Å². The van der Waals surface area contributed by atoms with E-state index in [1.54, 1.807) is 59.3 Å². The third-order valence-corrected chi connectivity index (χ3v) is 5.10. The molecular formula is C26H36N4O5. The van der Waals surface area contributed by atoms with Gasteiger partial charge in [-0.15, -0.1) is 0 Å². The lowest BCUT2D eigenvalue weighted by Crippen LogP contribution is -2.36. The maximum Gasteiger partial charge on any atom is 0.253 e. The van der Waals surface area contributed by atoms with Gasteiger partial charge in [-0.3, -0.25) is 19.3 Å². The summed E-state index contributed by atoms with van der Waals surface area (Å²) in [6.45, 7) is 9.85. The first kappa shape index (κ1) is 27.7. The molecule has 0 bridgehead atoms. The number of hydrogen-bond donors (Lipinski definition) is 2. The monoisotopic (exact) mass is 484 g/mol. The Morgan fingerprint density at radius 1 is 0.771 bits per heavy atom. The highest BCUT2D eigenvalue weighted by Crippen LogP contribution is 2.30. The Morgan fingerprint density at radius 2 is 1.34 bits per heavy atom. The van der Waals surface area contributed by atoms with E-state index in [0.717, 1.165) is 0 Å². The summed E-state index contributed by atoms with van der Waals surface area (Å²) in [6, 6.07) is 12.1. The average Bonchev–Trinajstić information content (AvgIpc) is 2.81. The molecule has 0 spiro atoms. The summed E-state index contributed by atoms with van der Waals surface area (Å²) in [6.07, 6.45) is 0. The molecule has 0 fully saturated rings. The molecule has 9 heteroatoms. The quantitative estimate of drug-likeness (QED) is 0.452. The van der Waals surface area contributed by atoms with E-state index < -0.39 is 0 Å². The van der Waals surface area contributed by atoms with Gasteiger partial charge in [0.05, 0.1) is 26.3 Å². The van der Waals surface area contributed by atoms with Crippen LogP contribution in [0.3, 0.4) is 0 Å². The minimum absolute atomic E-state index is 0.00904. The number of nitrogens with one attached hydrogen (secondary N) is 2. The fraction of sp³-hybridized carbons (Fsp3) is 0.423. The van der Waals surface area contributed by atoms with E-state index in [0.29, 0.717) is 54.7 Å². The van der Waals surface area contributed by atoms with Crippen molar-refractivity contribution in [1.82, 2.24) is 9.80 Å². The molecule has 190 valence electrons. The summed E-state index contributed by atoms with van der Waals surface area (Å²) in [4.78, 5) is 40.9. The van der Waals surface area contributed by atoms with Crippen LogP contribution in [0.15, 0.2) is 42.5 Å². The van der Waals surface area contributed by atoms with Crippen molar-refractivity contribution < 1.29 is 23.9 Å². The van der Waals surface area contributed by atoms with Crippen LogP contribution in [0.5, 0.6) is 11.5 Å². The number of carbonyl (C=O) groups is 3. The Kier molecular flexibility index (Phi) is 11.0. The van der Waals surface area contributed by atoms with Crippen molar-refractivity contribution in [2.75, 3.05) is 57.1 Å². The van der Waals surface area contributed by atoms with Crippen LogP contribution in [0.25, 0.3) is 0 Å². The predicted octanol–water partition coefficient (Wildman–Crippen LogP) is 3.48. The molecule has 0 atom stereocenters. The topological polar surface area (TPSA) is 100 Å². The van der Waals surface area contributed by atoms with Gasteiger partial charge in [-0.05, 0) is 65.1 Å². The Hall–Kier alpha value is -3.59. The van der Waals surface area contributed by atoms with E-state index in [9.17, 15) is 14.4 Å². The van der Waals surface area contributed by atoms with Crippen LogP contribution in [-0.4, -0.2) is 74.0 Å². The van der Waals surface area contributed by atoms with Gasteiger partial charge in [0, 0.05) is 36.1 Å². The second kappa shape index (κ2) is 14.0. The first-order valence-corrected chi connectivity index (χ1v) is 11.9. The maximum atomic E-state index is 12.5. The van der Waals surface area contributed by atoms with Crippen LogP contribution < -0.4 is 20.1 Å². The van der Waals surface area contributed by atoms with Crippen molar-refractivity contribution in [2.24, 2.45) is 0 Å². The predicted molar refractivity (Wildman–Crippen MR) is 137 cm³/mol. The minimum Gasteiger partial charge on any atom is -0.490 e. The summed E-state index contributed by atoms with van der Waals surface area (Å²) >= 11 is 0. The van der Waals surface area contributed by atoms with Crippen molar-refractivity contribution in [3.8, 4) is 11.5 Å². The SMILES string of the molecule is CCOc1ccc(NC(=O)CN(C)CC(=O)Nc2cccc(C(=O)N(CC)CC)c2)cc1OCC. The lowest BCUT2D eigenvalue weighted by molar-refractivity contribution is -0.119. The molecule has 9 nitrogen and oxygen atoms in total. The van der Waals surface area contributed by atoms with Crippen LogP contribution in [0.1, 0.15) is 38.1 Å². The van der Waals surface area contributed by atoms with E-state index in [4.69, 9.17) is 9.47 Å². The molecule has 0 aliphatic carbocycles. The Labute approximate surface area is 207 Å². The van der Waals surface area contributed by atoms with E-state index in [1.165, 1.54) is 0 Å². The van der Waals surface area contributed by atoms with Crippen molar-refractivity contribution in [3.63, 3.8) is 0 Å². The molecule has 0 heterocycles. The van der Waals surface area contributed by atoms with Gasteiger partial charge < -0.3 is 25.0 Å². The zero-order chi connectivity index (χ0) is 25.8. The summed E-state index contributed by atoms with van der Waals surface area (Å²) in [7, 11) is 1.68. The number of benzene rings is 2. The number of anilines is 2. The van der Waals surface area contributed by atoms with Crippen molar-refractivity contribution in [3.05, 3.63) is 48.0 Å². The number of hydrogen-bond acceptors (Lipinski definition) is 6. The molecule has 3 amide bonds. The number of likely N-dealkylation sites (N-methyl/N-ethyl adjacent to an activating group) is 1. The first-order chi connectivity index (χ1) is 16.8. The van der Waals surface area contributed by atoms with Gasteiger partial charge in [-0.25, -0.2) is 0 Å². The fourth-order valence-electron chi connectivity index (χ4n) is 3.50. The van der Waals surface area contributed by atoms with Crippen molar-refractivity contribution in [2.45, 2.75) is 27.7 Å². The lowest BCUT2D eigenvalue weighted by atomic mass is 10.1. The summed E-state index contributed by atoms with van der Waals surface area (Å²) in [5.74, 6) is 0.540. The zero-order valence-electron chi connectivity index (χ0n) is 21.2. The second-order valence-corrected chi connectivity index (χ2v) is 7.85. The smallest absolute Gasteiger partial charge is 0.253 e. The summed E-state index contributed by atoms with van der Waals surface area (Å²) in [5, 5.41) is 5.61. The van der Waals surface area contributed by atoms with Crippen LogP contribution in [0.4, 0.5) is 11.4 Å². The zero-order valence-corrected chi connectivity index (χ0v) is 21.2. The molecule has 0 saturated carbocycles. The van der Waals surface area contributed by atoms with Gasteiger partial charge in [0.25, 0.3) is 5.91 Å². The van der Waals surface area contributed by atoms with Crippen LogP contribution in [-0.2, 0) is 9.59 Å². The lowest BCUT2D eigenvalue weighted by Gasteiger charge is -2.19. The van der Waals surface area contributed by atoms with Crippen molar-refractivity contribution in [1.29, 1.82) is 0 Å². The van der Waals surface area contributed by atoms with Gasteiger partial charge in [-0.2, -0.15) is 0 Å². The van der Waals surface area contributed by atoms with E-state index in [1.807, 2.05) is 27.7 Å². The molecule has 0 radical (unpaired) electrons.